The molecule has 18 heavy (non-hydrogen) atoms. The Hall–Kier alpha value is -2.02. The van der Waals surface area contributed by atoms with Gasteiger partial charge < -0.3 is 10.2 Å². The molecule has 96 valence electrons. The Labute approximate surface area is 108 Å². The molecule has 0 saturated heterocycles. The van der Waals surface area contributed by atoms with Gasteiger partial charge in [0, 0.05) is 31.4 Å². The van der Waals surface area contributed by atoms with Gasteiger partial charge in [0.2, 0.25) is 5.91 Å². The van der Waals surface area contributed by atoms with Gasteiger partial charge in [0.05, 0.1) is 12.5 Å². The van der Waals surface area contributed by atoms with Crippen LogP contribution in [0.3, 0.4) is 0 Å². The van der Waals surface area contributed by atoms with Crippen LogP contribution in [0.4, 0.5) is 11.4 Å². The van der Waals surface area contributed by atoms with E-state index < -0.39 is 0 Å². The van der Waals surface area contributed by atoms with Crippen molar-refractivity contribution in [3.63, 3.8) is 0 Å². The summed E-state index contributed by atoms with van der Waals surface area (Å²) in [7, 11) is 0. The maximum Gasteiger partial charge on any atom is 0.221 e. The maximum absolute atomic E-state index is 11.0. The van der Waals surface area contributed by atoms with Crippen molar-refractivity contribution in [3.05, 3.63) is 24.3 Å². The number of carbonyl (C=O) groups is 1. The van der Waals surface area contributed by atoms with Crippen LogP contribution < -0.4 is 10.2 Å². The zero-order valence-electron chi connectivity index (χ0n) is 10.9. The molecule has 4 heteroatoms. The first kappa shape index (κ1) is 14.0. The van der Waals surface area contributed by atoms with Gasteiger partial charge in [0.25, 0.3) is 0 Å². The number of nitrogens with zero attached hydrogens (tertiary/aromatic N) is 2. The van der Waals surface area contributed by atoms with Crippen molar-refractivity contribution >= 4 is 17.3 Å². The summed E-state index contributed by atoms with van der Waals surface area (Å²) in [5.41, 5.74) is 1.83. The minimum Gasteiger partial charge on any atom is -0.370 e. The van der Waals surface area contributed by atoms with Crippen LogP contribution in [0.2, 0.25) is 0 Å². The van der Waals surface area contributed by atoms with E-state index in [-0.39, 0.29) is 5.91 Å². The number of carbonyl (C=O) groups excluding carboxylic acids is 1. The minimum atomic E-state index is -0.0776. The molecule has 0 radical (unpaired) electrons. The molecule has 4 nitrogen and oxygen atoms in total. The van der Waals surface area contributed by atoms with Gasteiger partial charge in [0.15, 0.2) is 0 Å². The molecule has 0 fully saturated rings. The first-order chi connectivity index (χ1) is 8.67. The lowest BCUT2D eigenvalue weighted by Gasteiger charge is -2.23. The highest BCUT2D eigenvalue weighted by molar-refractivity contribution is 5.89. The zero-order chi connectivity index (χ0) is 13.4. The number of amides is 1. The molecular weight excluding hydrogens is 226 g/mol. The number of anilines is 2. The monoisotopic (exact) mass is 245 g/mol. The van der Waals surface area contributed by atoms with E-state index in [0.717, 1.165) is 24.3 Å². The molecule has 1 aromatic carbocycles. The van der Waals surface area contributed by atoms with Crippen LogP contribution in [0.5, 0.6) is 0 Å². The fourth-order valence-electron chi connectivity index (χ4n) is 1.81. The van der Waals surface area contributed by atoms with Crippen molar-refractivity contribution < 1.29 is 4.79 Å². The lowest BCUT2D eigenvalue weighted by atomic mass is 10.2. The average molecular weight is 245 g/mol. The Kier molecular flexibility index (Phi) is 5.72. The third kappa shape index (κ3) is 4.46. The number of nitriles is 1. The summed E-state index contributed by atoms with van der Waals surface area (Å²) >= 11 is 0. The summed E-state index contributed by atoms with van der Waals surface area (Å²) in [6, 6.07) is 9.87. The van der Waals surface area contributed by atoms with E-state index >= 15 is 0 Å². The molecule has 0 heterocycles. The molecule has 1 aromatic rings. The van der Waals surface area contributed by atoms with E-state index in [2.05, 4.69) is 23.2 Å². The second-order valence-electron chi connectivity index (χ2n) is 4.13. The van der Waals surface area contributed by atoms with Crippen LogP contribution in [0.1, 0.15) is 26.7 Å². The van der Waals surface area contributed by atoms with Gasteiger partial charge in [-0.25, -0.2) is 0 Å². The van der Waals surface area contributed by atoms with Gasteiger partial charge in [0.1, 0.15) is 0 Å². The Balaban J connectivity index is 2.83. The quantitative estimate of drug-likeness (QED) is 0.838. The predicted octanol–water partition coefficient (Wildman–Crippen LogP) is 2.78. The Bertz CT molecular complexity index is 437. The predicted molar refractivity (Wildman–Crippen MR) is 73.5 cm³/mol. The topological polar surface area (TPSA) is 56.1 Å². The molecule has 0 unspecified atom stereocenters. The summed E-state index contributed by atoms with van der Waals surface area (Å²) in [6.45, 7) is 5.22. The van der Waals surface area contributed by atoms with Crippen molar-refractivity contribution in [1.82, 2.24) is 0 Å². The minimum absolute atomic E-state index is 0.0776. The smallest absolute Gasteiger partial charge is 0.221 e. The van der Waals surface area contributed by atoms with Crippen molar-refractivity contribution in [3.8, 4) is 6.07 Å². The number of rotatable bonds is 6. The third-order valence-corrected chi connectivity index (χ3v) is 2.52. The summed E-state index contributed by atoms with van der Waals surface area (Å²) in [5.74, 6) is -0.0776. The molecule has 0 atom stereocenters. The van der Waals surface area contributed by atoms with Crippen LogP contribution in [-0.4, -0.2) is 19.0 Å². The van der Waals surface area contributed by atoms with Gasteiger partial charge in [-0.1, -0.05) is 13.0 Å². The van der Waals surface area contributed by atoms with Crippen molar-refractivity contribution in [2.75, 3.05) is 23.3 Å². The molecule has 1 rings (SSSR count). The van der Waals surface area contributed by atoms with Crippen molar-refractivity contribution in [2.24, 2.45) is 0 Å². The van der Waals surface area contributed by atoms with Gasteiger partial charge in [-0.15, -0.1) is 0 Å². The first-order valence-corrected chi connectivity index (χ1v) is 6.17. The molecular formula is C14H19N3O. The second kappa shape index (κ2) is 7.33. The van der Waals surface area contributed by atoms with E-state index in [1.807, 2.05) is 24.3 Å². The molecule has 1 N–H and O–H groups in total. The number of benzene rings is 1. The first-order valence-electron chi connectivity index (χ1n) is 6.17. The average Bonchev–Trinajstić information content (AvgIpc) is 2.34. The molecule has 0 aliphatic rings. The van der Waals surface area contributed by atoms with E-state index in [9.17, 15) is 4.79 Å². The largest absolute Gasteiger partial charge is 0.370 e. The zero-order valence-corrected chi connectivity index (χ0v) is 10.9. The number of nitrogens with one attached hydrogen (secondary N) is 1. The van der Waals surface area contributed by atoms with E-state index in [4.69, 9.17) is 5.26 Å². The molecule has 0 bridgehead atoms. The van der Waals surface area contributed by atoms with E-state index in [1.165, 1.54) is 6.92 Å². The lowest BCUT2D eigenvalue weighted by molar-refractivity contribution is -0.114. The van der Waals surface area contributed by atoms with Gasteiger partial charge in [-0.2, -0.15) is 5.26 Å². The Morgan fingerprint density at radius 1 is 1.44 bits per heavy atom. The van der Waals surface area contributed by atoms with Gasteiger partial charge in [-0.05, 0) is 24.6 Å². The number of hydrogen-bond acceptors (Lipinski definition) is 3. The summed E-state index contributed by atoms with van der Waals surface area (Å²) in [4.78, 5) is 13.2. The van der Waals surface area contributed by atoms with Crippen LogP contribution in [0, 0.1) is 11.3 Å². The van der Waals surface area contributed by atoms with Crippen molar-refractivity contribution in [1.29, 1.82) is 5.26 Å². The van der Waals surface area contributed by atoms with E-state index in [0.29, 0.717) is 13.0 Å². The molecule has 0 aliphatic heterocycles. The van der Waals surface area contributed by atoms with E-state index in [1.54, 1.807) is 0 Å². The van der Waals surface area contributed by atoms with Gasteiger partial charge in [-0.3, -0.25) is 4.79 Å². The lowest BCUT2D eigenvalue weighted by Crippen LogP contribution is -2.25. The fourth-order valence-corrected chi connectivity index (χ4v) is 1.81. The molecule has 0 aromatic heterocycles. The summed E-state index contributed by atoms with van der Waals surface area (Å²) in [6.07, 6.45) is 1.53. The third-order valence-electron chi connectivity index (χ3n) is 2.52. The van der Waals surface area contributed by atoms with Crippen LogP contribution in [-0.2, 0) is 4.79 Å². The molecule has 0 aliphatic carbocycles. The Morgan fingerprint density at radius 3 is 2.83 bits per heavy atom. The second-order valence-corrected chi connectivity index (χ2v) is 4.13. The normalized spacial score (nSPS) is 9.61. The Morgan fingerprint density at radius 2 is 2.22 bits per heavy atom. The highest BCUT2D eigenvalue weighted by Gasteiger charge is 2.06. The molecule has 1 amide bonds. The highest BCUT2D eigenvalue weighted by atomic mass is 16.1. The number of hydrogen-bond donors (Lipinski definition) is 1. The summed E-state index contributed by atoms with van der Waals surface area (Å²) in [5, 5.41) is 11.4. The SMILES string of the molecule is CCCN(CCC#N)c1cccc(NC(C)=O)c1. The van der Waals surface area contributed by atoms with Crippen LogP contribution in [0.25, 0.3) is 0 Å². The van der Waals surface area contributed by atoms with Gasteiger partial charge >= 0.3 is 0 Å². The summed E-state index contributed by atoms with van der Waals surface area (Å²) < 4.78 is 0. The molecule has 0 spiro atoms. The molecule has 0 saturated carbocycles. The highest BCUT2D eigenvalue weighted by Crippen LogP contribution is 2.20. The standard InChI is InChI=1S/C14H19N3O/c1-3-9-17(10-5-8-15)14-7-4-6-13(11-14)16-12(2)18/h4,6-7,11H,3,5,9-10H2,1-2H3,(H,16,18). The van der Waals surface area contributed by atoms with Crippen LogP contribution >= 0.6 is 0 Å². The van der Waals surface area contributed by atoms with Crippen LogP contribution in [0.15, 0.2) is 24.3 Å². The fraction of sp³-hybridized carbons (Fsp3) is 0.429. The van der Waals surface area contributed by atoms with Crippen molar-refractivity contribution in [2.45, 2.75) is 26.7 Å². The maximum atomic E-state index is 11.0.